The molecule has 2 aromatic rings. The Hall–Kier alpha value is -1.71. The molecule has 0 aromatic heterocycles. The van der Waals surface area contributed by atoms with Crippen LogP contribution < -0.4 is 10.2 Å². The van der Waals surface area contributed by atoms with E-state index >= 15 is 0 Å². The number of hydrogen-bond donors (Lipinski definition) is 1. The summed E-state index contributed by atoms with van der Waals surface area (Å²) in [5.41, 5.74) is 2.56. The highest BCUT2D eigenvalue weighted by Crippen LogP contribution is 2.36. The molecule has 1 N–H and O–H groups in total. The van der Waals surface area contributed by atoms with Crippen molar-refractivity contribution in [2.45, 2.75) is 0 Å². The van der Waals surface area contributed by atoms with E-state index in [4.69, 9.17) is 23.2 Å². The van der Waals surface area contributed by atoms with Gasteiger partial charge in [-0.05, 0) is 42.5 Å². The maximum absolute atomic E-state index is 11.8. The van der Waals surface area contributed by atoms with E-state index in [-0.39, 0.29) is 12.5 Å². The maximum Gasteiger partial charge on any atom is 0.244 e. The molecule has 96 valence electrons. The Morgan fingerprint density at radius 1 is 1.00 bits per heavy atom. The quantitative estimate of drug-likeness (QED) is 0.859. The lowest BCUT2D eigenvalue weighted by Crippen LogP contribution is -2.34. The fourth-order valence-corrected chi connectivity index (χ4v) is 2.41. The van der Waals surface area contributed by atoms with Gasteiger partial charge in [-0.25, -0.2) is 0 Å². The summed E-state index contributed by atoms with van der Waals surface area (Å²) in [5.74, 6) is -0.0651. The fraction of sp³-hybridized carbons (Fsp3) is 0.0714. The van der Waals surface area contributed by atoms with Crippen LogP contribution in [0.1, 0.15) is 0 Å². The lowest BCUT2D eigenvalue weighted by Gasteiger charge is -2.31. The van der Waals surface area contributed by atoms with Crippen molar-refractivity contribution in [1.82, 2.24) is 0 Å². The lowest BCUT2D eigenvalue weighted by molar-refractivity contribution is -0.115. The molecule has 3 nitrogen and oxygen atoms in total. The average Bonchev–Trinajstić information content (AvgIpc) is 2.38. The van der Waals surface area contributed by atoms with Crippen molar-refractivity contribution in [3.8, 4) is 0 Å². The second-order valence-electron chi connectivity index (χ2n) is 4.27. The third-order valence-corrected chi connectivity index (χ3v) is 3.45. The van der Waals surface area contributed by atoms with Crippen molar-refractivity contribution in [2.24, 2.45) is 0 Å². The molecule has 3 rings (SSSR count). The highest BCUT2D eigenvalue weighted by atomic mass is 35.5. The minimum Gasteiger partial charge on any atom is -0.330 e. The van der Waals surface area contributed by atoms with Crippen molar-refractivity contribution < 1.29 is 4.79 Å². The normalized spacial score (nSPS) is 14.0. The predicted molar refractivity (Wildman–Crippen MR) is 78.5 cm³/mol. The SMILES string of the molecule is O=C1CN(c2ccc(Cl)cc2)c2ccc(Cl)cc2N1. The number of benzene rings is 2. The van der Waals surface area contributed by atoms with Gasteiger partial charge in [-0.1, -0.05) is 23.2 Å². The van der Waals surface area contributed by atoms with Gasteiger partial charge in [0.1, 0.15) is 6.54 Å². The molecule has 0 bridgehead atoms. The molecule has 19 heavy (non-hydrogen) atoms. The van der Waals surface area contributed by atoms with Gasteiger partial charge in [-0.2, -0.15) is 0 Å². The third kappa shape index (κ3) is 2.39. The zero-order valence-electron chi connectivity index (χ0n) is 9.86. The summed E-state index contributed by atoms with van der Waals surface area (Å²) in [6.07, 6.45) is 0. The highest BCUT2D eigenvalue weighted by molar-refractivity contribution is 6.31. The Bertz CT molecular complexity index is 640. The van der Waals surface area contributed by atoms with Crippen molar-refractivity contribution in [1.29, 1.82) is 0 Å². The molecule has 1 aliphatic heterocycles. The molecule has 0 fully saturated rings. The Kier molecular flexibility index (Phi) is 3.09. The number of rotatable bonds is 1. The number of nitrogens with one attached hydrogen (secondary N) is 1. The summed E-state index contributed by atoms with van der Waals surface area (Å²) in [6, 6.07) is 12.8. The first-order valence-corrected chi connectivity index (χ1v) is 6.51. The molecule has 0 unspecified atom stereocenters. The Morgan fingerprint density at radius 3 is 2.42 bits per heavy atom. The zero-order valence-corrected chi connectivity index (χ0v) is 11.4. The molecule has 1 aliphatic rings. The van der Waals surface area contributed by atoms with E-state index in [0.717, 1.165) is 17.1 Å². The number of carbonyl (C=O) groups is 1. The Labute approximate surface area is 120 Å². The molecule has 0 saturated heterocycles. The number of fused-ring (bicyclic) bond motifs is 1. The van der Waals surface area contributed by atoms with E-state index in [0.29, 0.717) is 10.0 Å². The molecule has 2 aromatic carbocycles. The van der Waals surface area contributed by atoms with Gasteiger partial charge in [0.05, 0.1) is 11.4 Å². The zero-order chi connectivity index (χ0) is 13.4. The van der Waals surface area contributed by atoms with E-state index in [1.165, 1.54) is 0 Å². The smallest absolute Gasteiger partial charge is 0.244 e. The van der Waals surface area contributed by atoms with E-state index in [9.17, 15) is 4.79 Å². The first-order chi connectivity index (χ1) is 9.13. The standard InChI is InChI=1S/C14H10Cl2N2O/c15-9-1-4-11(5-2-9)18-8-14(19)17-12-7-10(16)3-6-13(12)18/h1-7H,8H2,(H,17,19). The van der Waals surface area contributed by atoms with Gasteiger partial charge < -0.3 is 10.2 Å². The molecular formula is C14H10Cl2N2O. The summed E-state index contributed by atoms with van der Waals surface area (Å²) >= 11 is 11.8. The van der Waals surface area contributed by atoms with Crippen LogP contribution in [-0.2, 0) is 4.79 Å². The van der Waals surface area contributed by atoms with Crippen molar-refractivity contribution in [3.05, 3.63) is 52.5 Å². The first kappa shape index (κ1) is 12.3. The van der Waals surface area contributed by atoms with E-state index in [1.54, 1.807) is 24.3 Å². The van der Waals surface area contributed by atoms with Crippen LogP contribution in [0, 0.1) is 0 Å². The van der Waals surface area contributed by atoms with Crippen LogP contribution in [0.4, 0.5) is 17.1 Å². The monoisotopic (exact) mass is 292 g/mol. The summed E-state index contributed by atoms with van der Waals surface area (Å²) in [4.78, 5) is 13.7. The van der Waals surface area contributed by atoms with Crippen LogP contribution in [-0.4, -0.2) is 12.5 Å². The molecule has 1 amide bonds. The van der Waals surface area contributed by atoms with Crippen molar-refractivity contribution >= 4 is 46.2 Å². The van der Waals surface area contributed by atoms with Gasteiger partial charge in [-0.3, -0.25) is 4.79 Å². The summed E-state index contributed by atoms with van der Waals surface area (Å²) < 4.78 is 0. The number of amides is 1. The number of nitrogens with zero attached hydrogens (tertiary/aromatic N) is 1. The van der Waals surface area contributed by atoms with Crippen LogP contribution in [0.15, 0.2) is 42.5 Å². The minimum absolute atomic E-state index is 0.0651. The first-order valence-electron chi connectivity index (χ1n) is 5.76. The van der Waals surface area contributed by atoms with Crippen LogP contribution in [0.3, 0.4) is 0 Å². The van der Waals surface area contributed by atoms with Crippen LogP contribution in [0.5, 0.6) is 0 Å². The van der Waals surface area contributed by atoms with E-state index in [2.05, 4.69) is 5.32 Å². The van der Waals surface area contributed by atoms with Gasteiger partial charge in [0.15, 0.2) is 0 Å². The second kappa shape index (κ2) is 4.76. The summed E-state index contributed by atoms with van der Waals surface area (Å²) in [6.45, 7) is 0.274. The van der Waals surface area contributed by atoms with Crippen LogP contribution in [0.2, 0.25) is 10.0 Å². The molecular weight excluding hydrogens is 283 g/mol. The molecule has 0 aliphatic carbocycles. The highest BCUT2D eigenvalue weighted by Gasteiger charge is 2.23. The number of anilines is 3. The Balaban J connectivity index is 2.08. The summed E-state index contributed by atoms with van der Waals surface area (Å²) in [5, 5.41) is 4.08. The van der Waals surface area contributed by atoms with Gasteiger partial charge in [0.25, 0.3) is 0 Å². The van der Waals surface area contributed by atoms with Crippen LogP contribution in [0.25, 0.3) is 0 Å². The average molecular weight is 293 g/mol. The van der Waals surface area contributed by atoms with Crippen molar-refractivity contribution in [2.75, 3.05) is 16.8 Å². The molecule has 5 heteroatoms. The van der Waals surface area contributed by atoms with Crippen molar-refractivity contribution in [3.63, 3.8) is 0 Å². The largest absolute Gasteiger partial charge is 0.330 e. The fourth-order valence-electron chi connectivity index (χ4n) is 2.11. The van der Waals surface area contributed by atoms with Gasteiger partial charge in [-0.15, -0.1) is 0 Å². The molecule has 0 saturated carbocycles. The number of hydrogen-bond acceptors (Lipinski definition) is 2. The van der Waals surface area contributed by atoms with E-state index in [1.807, 2.05) is 23.1 Å². The topological polar surface area (TPSA) is 32.3 Å². The molecule has 0 atom stereocenters. The number of carbonyl (C=O) groups excluding carboxylic acids is 1. The number of halogens is 2. The lowest BCUT2D eigenvalue weighted by atomic mass is 10.1. The molecule has 0 spiro atoms. The van der Waals surface area contributed by atoms with Gasteiger partial charge in [0, 0.05) is 15.7 Å². The van der Waals surface area contributed by atoms with E-state index < -0.39 is 0 Å². The van der Waals surface area contributed by atoms with Gasteiger partial charge >= 0.3 is 0 Å². The van der Waals surface area contributed by atoms with Gasteiger partial charge in [0.2, 0.25) is 5.91 Å². The predicted octanol–water partition coefficient (Wildman–Crippen LogP) is 4.08. The Morgan fingerprint density at radius 2 is 1.68 bits per heavy atom. The van der Waals surface area contributed by atoms with Crippen LogP contribution >= 0.6 is 23.2 Å². The summed E-state index contributed by atoms with van der Waals surface area (Å²) in [7, 11) is 0. The molecule has 0 radical (unpaired) electrons. The second-order valence-corrected chi connectivity index (χ2v) is 5.15. The third-order valence-electron chi connectivity index (χ3n) is 2.96. The molecule has 1 heterocycles. The maximum atomic E-state index is 11.8. The minimum atomic E-state index is -0.0651.